The molecule has 0 aromatic rings. The van der Waals surface area contributed by atoms with E-state index in [1.165, 1.54) is 25.7 Å². The Kier molecular flexibility index (Phi) is 1.69. The molecule has 0 saturated heterocycles. The fraction of sp³-hybridized carbons (Fsp3) is 1.00. The summed E-state index contributed by atoms with van der Waals surface area (Å²) >= 11 is 0. The molecular weight excluding hydrogens is 124 g/mol. The summed E-state index contributed by atoms with van der Waals surface area (Å²) in [4.78, 5) is 0. The average Bonchev–Trinajstić information content (AvgIpc) is 2.54. The van der Waals surface area contributed by atoms with Crippen molar-refractivity contribution in [1.29, 1.82) is 0 Å². The Balaban J connectivity index is 1.85. The van der Waals surface area contributed by atoms with Crippen LogP contribution in [0, 0.1) is 11.8 Å². The zero-order valence-corrected chi connectivity index (χ0v) is 6.42. The van der Waals surface area contributed by atoms with Crippen molar-refractivity contribution in [2.45, 2.75) is 44.6 Å². The minimum absolute atomic E-state index is 0.0373. The monoisotopic (exact) mass is 140 g/mol. The largest absolute Gasteiger partial charge is 0.393 e. The number of rotatable bonds is 0. The molecule has 10 heavy (non-hydrogen) atoms. The fourth-order valence-corrected chi connectivity index (χ4v) is 2.21. The summed E-state index contributed by atoms with van der Waals surface area (Å²) < 4.78 is 0. The molecule has 1 nitrogen and oxygen atoms in total. The number of aliphatic hydroxyl groups is 1. The van der Waals surface area contributed by atoms with Crippen molar-refractivity contribution in [2.75, 3.05) is 0 Å². The van der Waals surface area contributed by atoms with Crippen molar-refractivity contribution in [3.8, 4) is 0 Å². The molecule has 2 rings (SSSR count). The summed E-state index contributed by atoms with van der Waals surface area (Å²) in [7, 11) is 0. The van der Waals surface area contributed by atoms with Crippen LogP contribution in [0.2, 0.25) is 0 Å². The Labute approximate surface area is 62.4 Å². The van der Waals surface area contributed by atoms with Crippen molar-refractivity contribution in [1.82, 2.24) is 0 Å². The van der Waals surface area contributed by atoms with Gasteiger partial charge in [0.1, 0.15) is 0 Å². The summed E-state index contributed by atoms with van der Waals surface area (Å²) in [5, 5.41) is 9.41. The van der Waals surface area contributed by atoms with E-state index >= 15 is 0 Å². The number of aliphatic hydroxyl groups excluding tert-OH is 1. The lowest BCUT2D eigenvalue weighted by Crippen LogP contribution is -2.09. The quantitative estimate of drug-likeness (QED) is 0.545. The number of hydrogen-bond donors (Lipinski definition) is 1. The summed E-state index contributed by atoms with van der Waals surface area (Å²) in [6.07, 6.45) is 7.67. The van der Waals surface area contributed by atoms with Gasteiger partial charge in [0.05, 0.1) is 6.10 Å². The molecule has 0 radical (unpaired) electrons. The summed E-state index contributed by atoms with van der Waals surface area (Å²) in [6.45, 7) is 0. The van der Waals surface area contributed by atoms with Crippen LogP contribution in [0.5, 0.6) is 0 Å². The lowest BCUT2D eigenvalue weighted by Gasteiger charge is -2.12. The first-order valence-electron chi connectivity index (χ1n) is 4.54. The van der Waals surface area contributed by atoms with Crippen molar-refractivity contribution in [2.24, 2.45) is 11.8 Å². The van der Waals surface area contributed by atoms with E-state index in [0.717, 1.165) is 24.7 Å². The van der Waals surface area contributed by atoms with Gasteiger partial charge < -0.3 is 5.11 Å². The summed E-state index contributed by atoms with van der Waals surface area (Å²) in [5.74, 6) is 1.92. The highest BCUT2D eigenvalue weighted by atomic mass is 16.3. The van der Waals surface area contributed by atoms with Gasteiger partial charge in [-0.1, -0.05) is 19.3 Å². The molecule has 2 aliphatic rings. The topological polar surface area (TPSA) is 20.2 Å². The third kappa shape index (κ3) is 1.34. The van der Waals surface area contributed by atoms with E-state index in [9.17, 15) is 5.11 Å². The third-order valence-corrected chi connectivity index (χ3v) is 3.01. The molecule has 0 bridgehead atoms. The minimum Gasteiger partial charge on any atom is -0.393 e. The highest BCUT2D eigenvalue weighted by molar-refractivity contribution is 4.89. The lowest BCUT2D eigenvalue weighted by molar-refractivity contribution is 0.137. The van der Waals surface area contributed by atoms with Gasteiger partial charge in [0, 0.05) is 0 Å². The van der Waals surface area contributed by atoms with Gasteiger partial charge in [-0.3, -0.25) is 0 Å². The van der Waals surface area contributed by atoms with Crippen LogP contribution in [0.3, 0.4) is 0 Å². The lowest BCUT2D eigenvalue weighted by atomic mass is 9.99. The van der Waals surface area contributed by atoms with Gasteiger partial charge in [-0.2, -0.15) is 0 Å². The van der Waals surface area contributed by atoms with Crippen LogP contribution >= 0.6 is 0 Å². The Bertz CT molecular complexity index is 122. The molecule has 1 unspecified atom stereocenters. The normalized spacial score (nSPS) is 47.1. The van der Waals surface area contributed by atoms with Crippen molar-refractivity contribution < 1.29 is 5.11 Å². The van der Waals surface area contributed by atoms with Gasteiger partial charge in [-0.25, -0.2) is 0 Å². The van der Waals surface area contributed by atoms with E-state index < -0.39 is 0 Å². The van der Waals surface area contributed by atoms with Crippen molar-refractivity contribution in [3.05, 3.63) is 0 Å². The molecule has 2 fully saturated rings. The van der Waals surface area contributed by atoms with E-state index in [4.69, 9.17) is 0 Å². The zero-order valence-electron chi connectivity index (χ0n) is 6.42. The van der Waals surface area contributed by atoms with Gasteiger partial charge in [0.2, 0.25) is 0 Å². The molecule has 2 saturated carbocycles. The van der Waals surface area contributed by atoms with Crippen LogP contribution in [0.1, 0.15) is 38.5 Å². The highest BCUT2D eigenvalue weighted by Crippen LogP contribution is 2.47. The van der Waals surface area contributed by atoms with Gasteiger partial charge in [0.25, 0.3) is 0 Å². The van der Waals surface area contributed by atoms with E-state index in [1.807, 2.05) is 0 Å². The van der Waals surface area contributed by atoms with Crippen molar-refractivity contribution in [3.63, 3.8) is 0 Å². The Morgan fingerprint density at radius 2 is 1.70 bits per heavy atom. The van der Waals surface area contributed by atoms with Crippen LogP contribution in [0.15, 0.2) is 0 Å². The predicted molar refractivity (Wildman–Crippen MR) is 40.7 cm³/mol. The second kappa shape index (κ2) is 2.54. The molecule has 2 aliphatic carbocycles. The molecule has 1 heteroatoms. The predicted octanol–water partition coefficient (Wildman–Crippen LogP) is 1.95. The van der Waals surface area contributed by atoms with Crippen LogP contribution in [-0.4, -0.2) is 11.2 Å². The number of hydrogen-bond acceptors (Lipinski definition) is 1. The number of fused-ring (bicyclic) bond motifs is 1. The summed E-state index contributed by atoms with van der Waals surface area (Å²) in [6, 6.07) is 0. The molecule has 0 aliphatic heterocycles. The average molecular weight is 140 g/mol. The standard InChI is InChI=1S/C9H16O/c10-9-4-2-1-3-7-5-8(7)6-9/h7-10H,1-6H2/t7-,8-,9?/m0/s1. The molecule has 0 spiro atoms. The van der Waals surface area contributed by atoms with Gasteiger partial charge in [0.15, 0.2) is 0 Å². The Hall–Kier alpha value is -0.0400. The molecule has 0 aromatic carbocycles. The van der Waals surface area contributed by atoms with E-state index in [-0.39, 0.29) is 6.10 Å². The fourth-order valence-electron chi connectivity index (χ4n) is 2.21. The van der Waals surface area contributed by atoms with Crippen LogP contribution in [0.4, 0.5) is 0 Å². The second-order valence-corrected chi connectivity index (χ2v) is 3.93. The van der Waals surface area contributed by atoms with Crippen LogP contribution in [0.25, 0.3) is 0 Å². The minimum atomic E-state index is 0.0373. The van der Waals surface area contributed by atoms with Crippen molar-refractivity contribution >= 4 is 0 Å². The first kappa shape index (κ1) is 6.66. The first-order chi connectivity index (χ1) is 4.86. The molecule has 0 aromatic heterocycles. The molecule has 0 heterocycles. The van der Waals surface area contributed by atoms with E-state index in [2.05, 4.69) is 0 Å². The van der Waals surface area contributed by atoms with E-state index in [0.29, 0.717) is 0 Å². The van der Waals surface area contributed by atoms with Gasteiger partial charge in [-0.05, 0) is 31.1 Å². The SMILES string of the molecule is OC1CCCC[C@H]2C[C@H]2C1. The van der Waals surface area contributed by atoms with Crippen LogP contribution < -0.4 is 0 Å². The maximum absolute atomic E-state index is 9.41. The summed E-state index contributed by atoms with van der Waals surface area (Å²) in [5.41, 5.74) is 0. The van der Waals surface area contributed by atoms with Crippen LogP contribution in [-0.2, 0) is 0 Å². The Morgan fingerprint density at radius 3 is 2.60 bits per heavy atom. The smallest absolute Gasteiger partial charge is 0.0543 e. The maximum atomic E-state index is 9.41. The zero-order chi connectivity index (χ0) is 6.97. The third-order valence-electron chi connectivity index (χ3n) is 3.01. The molecule has 3 atom stereocenters. The molecule has 58 valence electrons. The molecule has 1 N–H and O–H groups in total. The second-order valence-electron chi connectivity index (χ2n) is 3.93. The highest BCUT2D eigenvalue weighted by Gasteiger charge is 2.38. The molecule has 0 amide bonds. The molecular formula is C9H16O. The van der Waals surface area contributed by atoms with E-state index in [1.54, 1.807) is 0 Å². The van der Waals surface area contributed by atoms with Gasteiger partial charge in [-0.15, -0.1) is 0 Å². The Morgan fingerprint density at radius 1 is 0.900 bits per heavy atom. The first-order valence-corrected chi connectivity index (χ1v) is 4.54. The maximum Gasteiger partial charge on any atom is 0.0543 e. The van der Waals surface area contributed by atoms with Gasteiger partial charge >= 0.3 is 0 Å².